The average molecular weight is 280 g/mol. The monoisotopic (exact) mass is 280 g/mol. The molecule has 0 radical (unpaired) electrons. The van der Waals surface area contributed by atoms with Crippen molar-refractivity contribution in [1.29, 1.82) is 0 Å². The van der Waals surface area contributed by atoms with Crippen molar-refractivity contribution in [3.63, 3.8) is 0 Å². The number of piperidine rings is 1. The highest BCUT2D eigenvalue weighted by Gasteiger charge is 2.33. The fourth-order valence-corrected chi connectivity index (χ4v) is 2.58. The smallest absolute Gasteiger partial charge is 0.311 e. The van der Waals surface area contributed by atoms with Crippen LogP contribution in [0, 0.1) is 15.5 Å². The molecule has 0 aromatic carbocycles. The molecule has 0 amide bonds. The van der Waals surface area contributed by atoms with E-state index in [4.69, 9.17) is 10.5 Å². The molecule has 0 atom stereocenters. The SMILES string of the molecule is COCC1(C)CCN(c2nc(N)ccc2[N+](=O)[O-])CC1. The molecule has 0 unspecified atom stereocenters. The quantitative estimate of drug-likeness (QED) is 0.667. The molecular weight excluding hydrogens is 260 g/mol. The number of nitro groups is 1. The van der Waals surface area contributed by atoms with Crippen LogP contribution in [-0.4, -0.2) is 36.7 Å². The second-order valence-corrected chi connectivity index (χ2v) is 5.57. The summed E-state index contributed by atoms with van der Waals surface area (Å²) < 4.78 is 5.24. The molecule has 2 heterocycles. The van der Waals surface area contributed by atoms with Gasteiger partial charge < -0.3 is 15.4 Å². The minimum atomic E-state index is -0.412. The highest BCUT2D eigenvalue weighted by Crippen LogP contribution is 2.35. The zero-order chi connectivity index (χ0) is 14.8. The number of nitrogens with two attached hydrogens (primary N) is 1. The molecule has 1 aromatic rings. The number of hydrogen-bond acceptors (Lipinski definition) is 6. The maximum atomic E-state index is 11.1. The lowest BCUT2D eigenvalue weighted by molar-refractivity contribution is -0.384. The molecule has 1 aliphatic heterocycles. The van der Waals surface area contributed by atoms with E-state index < -0.39 is 4.92 Å². The number of ether oxygens (including phenoxy) is 1. The maximum Gasteiger partial charge on any atom is 0.311 e. The van der Waals surface area contributed by atoms with Gasteiger partial charge in [0.2, 0.25) is 5.82 Å². The largest absolute Gasteiger partial charge is 0.384 e. The van der Waals surface area contributed by atoms with Gasteiger partial charge in [-0.3, -0.25) is 10.1 Å². The van der Waals surface area contributed by atoms with E-state index in [2.05, 4.69) is 11.9 Å². The average Bonchev–Trinajstić information content (AvgIpc) is 2.39. The van der Waals surface area contributed by atoms with Gasteiger partial charge >= 0.3 is 5.69 Å². The van der Waals surface area contributed by atoms with E-state index in [1.54, 1.807) is 7.11 Å². The Hall–Kier alpha value is -1.89. The maximum absolute atomic E-state index is 11.1. The minimum Gasteiger partial charge on any atom is -0.384 e. The Kier molecular flexibility index (Phi) is 4.08. The Labute approximate surface area is 117 Å². The third-order valence-electron chi connectivity index (χ3n) is 3.84. The number of methoxy groups -OCH3 is 1. The molecule has 0 bridgehead atoms. The molecule has 2 N–H and O–H groups in total. The standard InChI is InChI=1S/C13H20N4O3/c1-13(9-20-2)5-7-16(8-6-13)12-10(17(18)19)3-4-11(14)15-12/h3-4H,5-9H2,1-2H3,(H2,14,15). The summed E-state index contributed by atoms with van der Waals surface area (Å²) >= 11 is 0. The number of pyridine rings is 1. The van der Waals surface area contributed by atoms with Crippen molar-refractivity contribution >= 4 is 17.3 Å². The molecule has 1 aliphatic rings. The molecule has 1 fully saturated rings. The van der Waals surface area contributed by atoms with Crippen LogP contribution >= 0.6 is 0 Å². The molecule has 0 saturated carbocycles. The molecule has 1 saturated heterocycles. The first-order chi connectivity index (χ1) is 9.45. The van der Waals surface area contributed by atoms with Crippen LogP contribution in [0.3, 0.4) is 0 Å². The molecule has 7 heteroatoms. The van der Waals surface area contributed by atoms with Gasteiger partial charge in [0, 0.05) is 26.3 Å². The van der Waals surface area contributed by atoms with Crippen LogP contribution in [-0.2, 0) is 4.74 Å². The van der Waals surface area contributed by atoms with Gasteiger partial charge in [0.1, 0.15) is 5.82 Å². The summed E-state index contributed by atoms with van der Waals surface area (Å²) in [6.07, 6.45) is 1.82. The second-order valence-electron chi connectivity index (χ2n) is 5.57. The number of aromatic nitrogens is 1. The molecule has 7 nitrogen and oxygen atoms in total. The van der Waals surface area contributed by atoms with Gasteiger partial charge in [-0.2, -0.15) is 0 Å². The zero-order valence-corrected chi connectivity index (χ0v) is 11.8. The summed E-state index contributed by atoms with van der Waals surface area (Å²) in [5, 5.41) is 11.1. The van der Waals surface area contributed by atoms with Crippen molar-refractivity contribution < 1.29 is 9.66 Å². The highest BCUT2D eigenvalue weighted by molar-refractivity contribution is 5.61. The van der Waals surface area contributed by atoms with Crippen LogP contribution < -0.4 is 10.6 Å². The van der Waals surface area contributed by atoms with Gasteiger partial charge in [0.25, 0.3) is 0 Å². The molecule has 2 rings (SSSR count). The number of rotatable bonds is 4. The van der Waals surface area contributed by atoms with Crippen molar-refractivity contribution in [3.05, 3.63) is 22.2 Å². The second kappa shape index (κ2) is 5.62. The Morgan fingerprint density at radius 2 is 2.15 bits per heavy atom. The van der Waals surface area contributed by atoms with Gasteiger partial charge in [-0.1, -0.05) is 6.92 Å². The lowest BCUT2D eigenvalue weighted by Gasteiger charge is -2.39. The molecule has 1 aromatic heterocycles. The summed E-state index contributed by atoms with van der Waals surface area (Å²) in [7, 11) is 1.70. The number of anilines is 2. The Bertz CT molecular complexity index is 498. The van der Waals surface area contributed by atoms with Gasteiger partial charge in [-0.05, 0) is 24.3 Å². The highest BCUT2D eigenvalue weighted by atomic mass is 16.6. The first-order valence-corrected chi connectivity index (χ1v) is 6.60. The van der Waals surface area contributed by atoms with Crippen molar-refractivity contribution in [2.45, 2.75) is 19.8 Å². The van der Waals surface area contributed by atoms with E-state index in [1.165, 1.54) is 12.1 Å². The van der Waals surface area contributed by atoms with Crippen molar-refractivity contribution in [2.24, 2.45) is 5.41 Å². The summed E-state index contributed by atoms with van der Waals surface area (Å²) in [5.41, 5.74) is 5.79. The van der Waals surface area contributed by atoms with Gasteiger partial charge in [-0.25, -0.2) is 4.98 Å². The van der Waals surface area contributed by atoms with E-state index in [0.717, 1.165) is 25.9 Å². The lowest BCUT2D eigenvalue weighted by atomic mass is 9.81. The Morgan fingerprint density at radius 3 is 2.70 bits per heavy atom. The third kappa shape index (κ3) is 2.98. The fraction of sp³-hybridized carbons (Fsp3) is 0.615. The Morgan fingerprint density at radius 1 is 1.50 bits per heavy atom. The Balaban J connectivity index is 2.18. The van der Waals surface area contributed by atoms with Crippen LogP contribution in [0.15, 0.2) is 12.1 Å². The van der Waals surface area contributed by atoms with Gasteiger partial charge in [0.05, 0.1) is 11.5 Å². The van der Waals surface area contributed by atoms with Crippen LogP contribution in [0.4, 0.5) is 17.3 Å². The van der Waals surface area contributed by atoms with Crippen LogP contribution in [0.25, 0.3) is 0 Å². The fourth-order valence-electron chi connectivity index (χ4n) is 2.58. The summed E-state index contributed by atoms with van der Waals surface area (Å²) in [4.78, 5) is 16.8. The van der Waals surface area contributed by atoms with E-state index in [1.807, 2.05) is 4.90 Å². The molecule has 0 spiro atoms. The van der Waals surface area contributed by atoms with Gasteiger partial charge in [0.15, 0.2) is 0 Å². The van der Waals surface area contributed by atoms with Crippen LogP contribution in [0.2, 0.25) is 0 Å². The molecule has 0 aliphatic carbocycles. The van der Waals surface area contributed by atoms with Crippen molar-refractivity contribution in [1.82, 2.24) is 4.98 Å². The predicted octanol–water partition coefficient (Wildman–Crippen LogP) is 1.82. The molecule has 20 heavy (non-hydrogen) atoms. The number of hydrogen-bond donors (Lipinski definition) is 1. The lowest BCUT2D eigenvalue weighted by Crippen LogP contribution is -2.41. The topological polar surface area (TPSA) is 94.5 Å². The van der Waals surface area contributed by atoms with Crippen LogP contribution in [0.5, 0.6) is 0 Å². The van der Waals surface area contributed by atoms with E-state index in [0.29, 0.717) is 18.2 Å². The molecular formula is C13H20N4O3. The normalized spacial score (nSPS) is 18.0. The predicted molar refractivity (Wildman–Crippen MR) is 76.7 cm³/mol. The third-order valence-corrected chi connectivity index (χ3v) is 3.84. The van der Waals surface area contributed by atoms with E-state index in [9.17, 15) is 10.1 Å². The van der Waals surface area contributed by atoms with E-state index in [-0.39, 0.29) is 11.1 Å². The van der Waals surface area contributed by atoms with Crippen molar-refractivity contribution in [2.75, 3.05) is 37.4 Å². The van der Waals surface area contributed by atoms with Crippen LogP contribution in [0.1, 0.15) is 19.8 Å². The molecule has 110 valence electrons. The number of nitrogens with zero attached hydrogens (tertiary/aromatic N) is 3. The van der Waals surface area contributed by atoms with Gasteiger partial charge in [-0.15, -0.1) is 0 Å². The summed E-state index contributed by atoms with van der Waals surface area (Å²) in [6.45, 7) is 4.32. The van der Waals surface area contributed by atoms with Crippen molar-refractivity contribution in [3.8, 4) is 0 Å². The number of nitrogen functional groups attached to an aromatic ring is 1. The summed E-state index contributed by atoms with van der Waals surface area (Å²) in [6, 6.07) is 2.88. The minimum absolute atomic E-state index is 0.00884. The summed E-state index contributed by atoms with van der Waals surface area (Å²) in [5.74, 6) is 0.672. The first-order valence-electron chi connectivity index (χ1n) is 6.60. The zero-order valence-electron chi connectivity index (χ0n) is 11.8. The van der Waals surface area contributed by atoms with E-state index >= 15 is 0 Å². The first kappa shape index (κ1) is 14.5.